The summed E-state index contributed by atoms with van der Waals surface area (Å²) >= 11 is 0. The Balaban J connectivity index is 2.07. The topological polar surface area (TPSA) is 38.7 Å². The fourth-order valence-electron chi connectivity index (χ4n) is 4.18. The van der Waals surface area contributed by atoms with E-state index < -0.39 is 6.10 Å². The SMILES string of the molecule is COc1cc(C2=C(C(C)(C)C)C(C)(C)CO2)ccc1C(O)c1ccccc1. The van der Waals surface area contributed by atoms with E-state index in [0.717, 1.165) is 22.4 Å². The van der Waals surface area contributed by atoms with Crippen LogP contribution in [0.5, 0.6) is 5.75 Å². The third-order valence-corrected chi connectivity index (χ3v) is 5.14. The monoisotopic (exact) mass is 366 g/mol. The highest BCUT2D eigenvalue weighted by Crippen LogP contribution is 2.50. The lowest BCUT2D eigenvalue weighted by molar-refractivity contribution is 0.212. The lowest BCUT2D eigenvalue weighted by Crippen LogP contribution is -2.24. The molecule has 1 atom stereocenters. The molecule has 1 N–H and O–H groups in total. The average Bonchev–Trinajstić information content (AvgIpc) is 2.96. The van der Waals surface area contributed by atoms with E-state index in [2.05, 4.69) is 34.6 Å². The van der Waals surface area contributed by atoms with Crippen molar-refractivity contribution < 1.29 is 14.6 Å². The molecule has 0 amide bonds. The largest absolute Gasteiger partial charge is 0.496 e. The van der Waals surface area contributed by atoms with Crippen molar-refractivity contribution in [3.63, 3.8) is 0 Å². The van der Waals surface area contributed by atoms with Gasteiger partial charge in [0.05, 0.1) is 13.7 Å². The van der Waals surface area contributed by atoms with E-state index in [1.807, 2.05) is 48.5 Å². The molecule has 0 saturated carbocycles. The summed E-state index contributed by atoms with van der Waals surface area (Å²) in [6.07, 6.45) is -0.729. The molecular weight excluding hydrogens is 336 g/mol. The molecule has 27 heavy (non-hydrogen) atoms. The van der Waals surface area contributed by atoms with Crippen molar-refractivity contribution >= 4 is 5.76 Å². The second-order valence-electron chi connectivity index (χ2n) is 8.90. The summed E-state index contributed by atoms with van der Waals surface area (Å²) in [5, 5.41) is 10.8. The predicted octanol–water partition coefficient (Wildman–Crippen LogP) is 5.59. The van der Waals surface area contributed by atoms with E-state index in [1.54, 1.807) is 7.11 Å². The Hall–Kier alpha value is -2.26. The summed E-state index contributed by atoms with van der Waals surface area (Å²) in [5.74, 6) is 1.60. The van der Waals surface area contributed by atoms with Crippen LogP contribution in [0.3, 0.4) is 0 Å². The minimum Gasteiger partial charge on any atom is -0.496 e. The third-order valence-electron chi connectivity index (χ3n) is 5.14. The number of hydrogen-bond donors (Lipinski definition) is 1. The van der Waals surface area contributed by atoms with Gasteiger partial charge < -0.3 is 14.6 Å². The minimum atomic E-state index is -0.729. The number of methoxy groups -OCH3 is 1. The van der Waals surface area contributed by atoms with Crippen LogP contribution in [0.1, 0.15) is 57.4 Å². The molecule has 0 aromatic heterocycles. The normalized spacial score (nSPS) is 17.6. The Bertz CT molecular complexity index is 842. The van der Waals surface area contributed by atoms with Crippen LogP contribution < -0.4 is 4.74 Å². The molecule has 144 valence electrons. The molecule has 1 aliphatic heterocycles. The van der Waals surface area contributed by atoms with Crippen LogP contribution in [0.2, 0.25) is 0 Å². The van der Waals surface area contributed by atoms with Gasteiger partial charge in [-0.1, -0.05) is 77.1 Å². The summed E-state index contributed by atoms with van der Waals surface area (Å²) in [7, 11) is 1.64. The maximum absolute atomic E-state index is 10.8. The average molecular weight is 367 g/mol. The first-order valence-electron chi connectivity index (χ1n) is 9.44. The van der Waals surface area contributed by atoms with E-state index in [-0.39, 0.29) is 10.8 Å². The molecule has 1 unspecified atom stereocenters. The Morgan fingerprint density at radius 1 is 1.07 bits per heavy atom. The number of benzene rings is 2. The maximum Gasteiger partial charge on any atom is 0.127 e. The highest BCUT2D eigenvalue weighted by atomic mass is 16.5. The molecular formula is C24H30O3. The first kappa shape index (κ1) is 19.5. The predicted molar refractivity (Wildman–Crippen MR) is 110 cm³/mol. The number of ether oxygens (including phenoxy) is 2. The molecule has 0 aliphatic carbocycles. The Morgan fingerprint density at radius 2 is 1.74 bits per heavy atom. The molecule has 3 rings (SSSR count). The van der Waals surface area contributed by atoms with Crippen LogP contribution in [-0.4, -0.2) is 18.8 Å². The second-order valence-corrected chi connectivity index (χ2v) is 8.90. The van der Waals surface area contributed by atoms with Crippen molar-refractivity contribution in [1.29, 1.82) is 0 Å². The van der Waals surface area contributed by atoms with Crippen LogP contribution in [0, 0.1) is 10.8 Å². The van der Waals surface area contributed by atoms with E-state index in [9.17, 15) is 5.11 Å². The van der Waals surface area contributed by atoms with Gasteiger partial charge in [-0.3, -0.25) is 0 Å². The fraction of sp³-hybridized carbons (Fsp3) is 0.417. The quantitative estimate of drug-likeness (QED) is 0.766. The Kier molecular flexibility index (Phi) is 5.09. The van der Waals surface area contributed by atoms with Crippen LogP contribution >= 0.6 is 0 Å². The summed E-state index contributed by atoms with van der Waals surface area (Å²) < 4.78 is 11.8. The maximum atomic E-state index is 10.8. The molecule has 0 saturated heterocycles. The number of rotatable bonds is 4. The van der Waals surface area contributed by atoms with Crippen LogP contribution in [0.15, 0.2) is 54.1 Å². The van der Waals surface area contributed by atoms with Gasteiger partial charge in [-0.2, -0.15) is 0 Å². The van der Waals surface area contributed by atoms with E-state index in [4.69, 9.17) is 9.47 Å². The molecule has 1 aliphatic rings. The van der Waals surface area contributed by atoms with Gasteiger partial charge in [-0.05, 0) is 22.6 Å². The molecule has 0 spiro atoms. The summed E-state index contributed by atoms with van der Waals surface area (Å²) in [4.78, 5) is 0. The van der Waals surface area contributed by atoms with Gasteiger partial charge in [-0.25, -0.2) is 0 Å². The molecule has 0 bridgehead atoms. The van der Waals surface area contributed by atoms with Crippen molar-refractivity contribution in [2.75, 3.05) is 13.7 Å². The number of aliphatic hydroxyl groups excluding tert-OH is 1. The zero-order valence-electron chi connectivity index (χ0n) is 17.2. The zero-order chi connectivity index (χ0) is 19.8. The van der Waals surface area contributed by atoms with Crippen molar-refractivity contribution in [2.45, 2.75) is 40.7 Å². The van der Waals surface area contributed by atoms with Crippen molar-refractivity contribution in [3.05, 3.63) is 70.8 Å². The standard InChI is InChI=1S/C24H30O3/c1-23(2,3)22-21(27-15-24(22,4)5)17-12-13-18(19(14-17)26-6)20(25)16-10-8-7-9-11-16/h7-14,20,25H,15H2,1-6H3. The van der Waals surface area contributed by atoms with E-state index in [1.165, 1.54) is 5.57 Å². The van der Waals surface area contributed by atoms with Crippen LogP contribution in [0.4, 0.5) is 0 Å². The molecule has 0 radical (unpaired) electrons. The summed E-state index contributed by atoms with van der Waals surface area (Å²) in [5.41, 5.74) is 3.90. The highest BCUT2D eigenvalue weighted by Gasteiger charge is 2.41. The molecule has 2 aromatic rings. The third kappa shape index (κ3) is 3.74. The number of hydrogen-bond acceptors (Lipinski definition) is 3. The van der Waals surface area contributed by atoms with Crippen LogP contribution in [0.25, 0.3) is 5.76 Å². The molecule has 1 heterocycles. The lowest BCUT2D eigenvalue weighted by atomic mass is 9.71. The van der Waals surface area contributed by atoms with Crippen molar-refractivity contribution in [3.8, 4) is 5.75 Å². The Morgan fingerprint density at radius 3 is 2.33 bits per heavy atom. The van der Waals surface area contributed by atoms with Gasteiger partial charge >= 0.3 is 0 Å². The van der Waals surface area contributed by atoms with E-state index in [0.29, 0.717) is 12.4 Å². The van der Waals surface area contributed by atoms with Crippen molar-refractivity contribution in [1.82, 2.24) is 0 Å². The minimum absolute atomic E-state index is 0.00475. The highest BCUT2D eigenvalue weighted by molar-refractivity contribution is 5.69. The molecule has 3 heteroatoms. The van der Waals surface area contributed by atoms with Gasteiger partial charge in [-0.15, -0.1) is 0 Å². The molecule has 3 nitrogen and oxygen atoms in total. The van der Waals surface area contributed by atoms with Gasteiger partial charge in [0.25, 0.3) is 0 Å². The first-order valence-corrected chi connectivity index (χ1v) is 9.44. The summed E-state index contributed by atoms with van der Waals surface area (Å²) in [6, 6.07) is 15.6. The van der Waals surface area contributed by atoms with Crippen molar-refractivity contribution in [2.24, 2.45) is 10.8 Å². The smallest absolute Gasteiger partial charge is 0.127 e. The Labute approximate surface area is 162 Å². The first-order chi connectivity index (χ1) is 12.6. The van der Waals surface area contributed by atoms with Gasteiger partial charge in [0.1, 0.15) is 17.6 Å². The molecule has 2 aromatic carbocycles. The molecule has 0 fully saturated rings. The van der Waals surface area contributed by atoms with Gasteiger partial charge in [0.2, 0.25) is 0 Å². The van der Waals surface area contributed by atoms with Gasteiger partial charge in [0, 0.05) is 16.5 Å². The second kappa shape index (κ2) is 7.05. The summed E-state index contributed by atoms with van der Waals surface area (Å²) in [6.45, 7) is 11.8. The fourth-order valence-corrected chi connectivity index (χ4v) is 4.18. The lowest BCUT2D eigenvalue weighted by Gasteiger charge is -2.31. The van der Waals surface area contributed by atoms with Crippen LogP contribution in [-0.2, 0) is 4.74 Å². The number of aliphatic hydroxyl groups is 1. The van der Waals surface area contributed by atoms with E-state index >= 15 is 0 Å². The zero-order valence-corrected chi connectivity index (χ0v) is 17.2. The van der Waals surface area contributed by atoms with Gasteiger partial charge in [0.15, 0.2) is 0 Å².